The average Bonchev–Trinajstić information content (AvgIpc) is 2.44. The lowest BCUT2D eigenvalue weighted by Crippen LogP contribution is -1.80. The Morgan fingerprint density at radius 3 is 1.82 bits per heavy atom. The van der Waals surface area contributed by atoms with Gasteiger partial charge in [-0.2, -0.15) is 0 Å². The van der Waals surface area contributed by atoms with Gasteiger partial charge in [0.05, 0.1) is 0 Å². The monoisotopic (exact) mass is 248 g/mol. The van der Waals surface area contributed by atoms with Gasteiger partial charge in [0.25, 0.3) is 0 Å². The Morgan fingerprint density at radius 1 is 0.765 bits per heavy atom. The minimum atomic E-state index is 1.36. The van der Waals surface area contributed by atoms with Crippen molar-refractivity contribution in [3.63, 3.8) is 0 Å². The van der Waals surface area contributed by atoms with Crippen LogP contribution in [-0.2, 0) is 0 Å². The lowest BCUT2D eigenvalue weighted by atomic mass is 10.1. The van der Waals surface area contributed by atoms with E-state index in [9.17, 15) is 0 Å². The molecule has 0 heterocycles. The molecule has 0 spiro atoms. The fourth-order valence-corrected chi connectivity index (χ4v) is 2.20. The van der Waals surface area contributed by atoms with Gasteiger partial charge < -0.3 is 0 Å². The van der Waals surface area contributed by atoms with Crippen LogP contribution in [0, 0.1) is 6.92 Å². The average molecular weight is 248 g/mol. The van der Waals surface area contributed by atoms with E-state index in [1.54, 1.807) is 11.8 Å². The highest BCUT2D eigenvalue weighted by molar-refractivity contribution is 7.98. The summed E-state index contributed by atoms with van der Waals surface area (Å²) in [4.78, 5) is 1.36. The molecule has 0 bridgehead atoms. The van der Waals surface area contributed by atoms with Crippen LogP contribution in [0.4, 0.5) is 0 Å². The van der Waals surface area contributed by atoms with E-state index in [2.05, 4.69) is 49.6 Å². The van der Waals surface area contributed by atoms with Crippen LogP contribution in [0.15, 0.2) is 41.3 Å². The molecule has 0 saturated carbocycles. The summed E-state index contributed by atoms with van der Waals surface area (Å²) in [6.45, 7) is 10.2. The lowest BCUT2D eigenvalue weighted by Gasteiger charge is -2.05. The normalized spacial score (nSPS) is 8.82. The molecule has 1 heteroatoms. The molecule has 2 rings (SSSR count). The molecule has 0 saturated heterocycles. The molecule has 0 fully saturated rings. The van der Waals surface area contributed by atoms with Crippen molar-refractivity contribution in [2.75, 3.05) is 6.26 Å². The highest BCUT2D eigenvalue weighted by Crippen LogP contribution is 2.28. The van der Waals surface area contributed by atoms with Crippen molar-refractivity contribution in [1.82, 2.24) is 0 Å². The van der Waals surface area contributed by atoms with Gasteiger partial charge in [0.15, 0.2) is 0 Å². The highest BCUT2D eigenvalue weighted by atomic mass is 32.2. The summed E-state index contributed by atoms with van der Waals surface area (Å²) in [5.74, 6) is 0. The van der Waals surface area contributed by atoms with Crippen LogP contribution in [0.3, 0.4) is 0 Å². The minimum absolute atomic E-state index is 1.36. The van der Waals surface area contributed by atoms with E-state index in [-0.39, 0.29) is 0 Å². The van der Waals surface area contributed by atoms with Gasteiger partial charge >= 0.3 is 0 Å². The molecule has 2 aromatic carbocycles. The van der Waals surface area contributed by atoms with Crippen molar-refractivity contribution >= 4 is 22.5 Å². The summed E-state index contributed by atoms with van der Waals surface area (Å²) >= 11 is 1.81. The van der Waals surface area contributed by atoms with Crippen molar-refractivity contribution < 1.29 is 0 Å². The fourth-order valence-electron chi connectivity index (χ4n) is 1.60. The molecular formula is C16H24S. The Bertz CT molecular complexity index is 432. The van der Waals surface area contributed by atoms with Crippen LogP contribution in [0.2, 0.25) is 0 Å². The number of benzene rings is 2. The summed E-state index contributed by atoms with van der Waals surface area (Å²) < 4.78 is 0. The maximum absolute atomic E-state index is 2.20. The van der Waals surface area contributed by atoms with Crippen molar-refractivity contribution in [3.05, 3.63) is 42.0 Å². The summed E-state index contributed by atoms with van der Waals surface area (Å²) in [5.41, 5.74) is 1.36. The van der Waals surface area contributed by atoms with E-state index < -0.39 is 0 Å². The molecular weight excluding hydrogens is 224 g/mol. The van der Waals surface area contributed by atoms with Gasteiger partial charge in [-0.15, -0.1) is 11.8 Å². The molecule has 0 aliphatic heterocycles. The van der Waals surface area contributed by atoms with Crippen LogP contribution in [0.1, 0.15) is 33.3 Å². The molecule has 0 N–H and O–H groups in total. The lowest BCUT2D eigenvalue weighted by molar-refractivity contribution is 1.46. The smallest absolute Gasteiger partial charge is 0.0148 e. The molecule has 2 aromatic rings. The zero-order valence-electron chi connectivity index (χ0n) is 11.9. The molecule has 0 nitrogen and oxygen atoms in total. The van der Waals surface area contributed by atoms with E-state index in [0.29, 0.717) is 0 Å². The minimum Gasteiger partial charge on any atom is -0.129 e. The van der Waals surface area contributed by atoms with Gasteiger partial charge in [-0.1, -0.05) is 58.0 Å². The third-order valence-corrected chi connectivity index (χ3v) is 3.12. The van der Waals surface area contributed by atoms with E-state index in [4.69, 9.17) is 0 Å². The zero-order chi connectivity index (χ0) is 13.3. The zero-order valence-corrected chi connectivity index (χ0v) is 12.7. The van der Waals surface area contributed by atoms with Crippen molar-refractivity contribution in [3.8, 4) is 0 Å². The first-order valence-electron chi connectivity index (χ1n) is 6.35. The van der Waals surface area contributed by atoms with E-state index in [1.165, 1.54) is 21.2 Å². The second-order valence-electron chi connectivity index (χ2n) is 3.13. The van der Waals surface area contributed by atoms with Gasteiger partial charge in [-0.3, -0.25) is 0 Å². The molecule has 0 radical (unpaired) electrons. The number of rotatable bonds is 1. The summed E-state index contributed by atoms with van der Waals surface area (Å²) in [7, 11) is 0. The Morgan fingerprint density at radius 2 is 1.29 bits per heavy atom. The van der Waals surface area contributed by atoms with Gasteiger partial charge in [0.2, 0.25) is 0 Å². The largest absolute Gasteiger partial charge is 0.129 e. The number of thioether (sulfide) groups is 1. The van der Waals surface area contributed by atoms with E-state index in [0.717, 1.165) is 0 Å². The standard InChI is InChI=1S/C12H12S.2C2H6/c1-9-7-8-12(13-2)11-6-4-3-5-10(9)11;2*1-2/h3-8H,1-2H3;2*1-2H3. The maximum Gasteiger partial charge on any atom is 0.0148 e. The number of aryl methyl sites for hydroxylation is 1. The predicted octanol–water partition coefficient (Wildman–Crippen LogP) is 5.92. The SMILES string of the molecule is CC.CC.CSc1ccc(C)c2ccccc12. The molecule has 0 aromatic heterocycles. The second kappa shape index (κ2) is 9.12. The van der Waals surface area contributed by atoms with Crippen molar-refractivity contribution in [2.45, 2.75) is 39.5 Å². The molecule has 94 valence electrons. The number of fused-ring (bicyclic) bond motifs is 1. The molecule has 0 aliphatic rings. The van der Waals surface area contributed by atoms with Crippen LogP contribution < -0.4 is 0 Å². The third kappa shape index (κ3) is 4.08. The predicted molar refractivity (Wildman–Crippen MR) is 83.2 cm³/mol. The molecule has 0 unspecified atom stereocenters. The summed E-state index contributed by atoms with van der Waals surface area (Å²) in [5, 5.41) is 2.74. The first-order valence-corrected chi connectivity index (χ1v) is 7.58. The van der Waals surface area contributed by atoms with Crippen LogP contribution in [-0.4, -0.2) is 6.26 Å². The Labute approximate surface area is 110 Å². The Kier molecular flexibility index (Phi) is 8.61. The van der Waals surface area contributed by atoms with Gasteiger partial charge in [-0.25, -0.2) is 0 Å². The van der Waals surface area contributed by atoms with Crippen LogP contribution >= 0.6 is 11.8 Å². The Balaban J connectivity index is 0.000000581. The van der Waals surface area contributed by atoms with Crippen LogP contribution in [0.5, 0.6) is 0 Å². The van der Waals surface area contributed by atoms with Gasteiger partial charge in [0, 0.05) is 4.90 Å². The van der Waals surface area contributed by atoms with Gasteiger partial charge in [-0.05, 0) is 35.6 Å². The fraction of sp³-hybridized carbons (Fsp3) is 0.375. The van der Waals surface area contributed by atoms with Crippen LogP contribution in [0.25, 0.3) is 10.8 Å². The van der Waals surface area contributed by atoms with Crippen molar-refractivity contribution in [2.24, 2.45) is 0 Å². The number of hydrogen-bond acceptors (Lipinski definition) is 1. The molecule has 0 aliphatic carbocycles. The first-order chi connectivity index (χ1) is 8.33. The van der Waals surface area contributed by atoms with Gasteiger partial charge in [0.1, 0.15) is 0 Å². The topological polar surface area (TPSA) is 0 Å². The molecule has 0 atom stereocenters. The van der Waals surface area contributed by atoms with E-state index >= 15 is 0 Å². The summed E-state index contributed by atoms with van der Waals surface area (Å²) in [6.07, 6.45) is 2.12. The molecule has 17 heavy (non-hydrogen) atoms. The number of hydrogen-bond donors (Lipinski definition) is 0. The highest BCUT2D eigenvalue weighted by Gasteiger charge is 2.00. The second-order valence-corrected chi connectivity index (χ2v) is 3.98. The third-order valence-electron chi connectivity index (χ3n) is 2.32. The Hall–Kier alpha value is -0.950. The summed E-state index contributed by atoms with van der Waals surface area (Å²) in [6, 6.07) is 13.0. The molecule has 0 amide bonds. The maximum atomic E-state index is 2.20. The quantitative estimate of drug-likeness (QED) is 0.564. The van der Waals surface area contributed by atoms with Crippen molar-refractivity contribution in [1.29, 1.82) is 0 Å². The first kappa shape index (κ1) is 16.1. The van der Waals surface area contributed by atoms with E-state index in [1.807, 2.05) is 27.7 Å².